The van der Waals surface area contributed by atoms with Gasteiger partial charge in [-0.05, 0) is 24.6 Å². The molecule has 1 aromatic carbocycles. The number of carbonyl (C=O) groups excluding carboxylic acids is 1. The van der Waals surface area contributed by atoms with Gasteiger partial charge in [0.05, 0.1) is 5.69 Å². The molecule has 0 fully saturated rings. The fourth-order valence-corrected chi connectivity index (χ4v) is 1.74. The Morgan fingerprint density at radius 1 is 1.39 bits per heavy atom. The first kappa shape index (κ1) is 14.2. The van der Waals surface area contributed by atoms with E-state index < -0.39 is 10.2 Å². The largest absolute Gasteiger partial charge is 0.326 e. The van der Waals surface area contributed by atoms with Crippen molar-refractivity contribution in [2.45, 2.75) is 12.8 Å². The summed E-state index contributed by atoms with van der Waals surface area (Å²) in [6.07, 6.45) is 2.57. The number of benzene rings is 1. The van der Waals surface area contributed by atoms with Crippen molar-refractivity contribution in [2.24, 2.45) is 5.14 Å². The van der Waals surface area contributed by atoms with Gasteiger partial charge in [-0.15, -0.1) is 6.58 Å². The second-order valence-corrected chi connectivity index (χ2v) is 4.90. The highest BCUT2D eigenvalue weighted by Crippen LogP contribution is 2.15. The molecule has 0 spiro atoms. The van der Waals surface area contributed by atoms with Crippen LogP contribution in [0.3, 0.4) is 0 Å². The Hall–Kier alpha value is -1.86. The van der Waals surface area contributed by atoms with E-state index in [2.05, 4.69) is 16.6 Å². The molecular formula is C11H15N3O3S. The van der Waals surface area contributed by atoms with Crippen molar-refractivity contribution in [1.29, 1.82) is 0 Å². The first-order chi connectivity index (χ1) is 8.40. The lowest BCUT2D eigenvalue weighted by Gasteiger charge is -2.07. The summed E-state index contributed by atoms with van der Waals surface area (Å²) < 4.78 is 23.8. The quantitative estimate of drug-likeness (QED) is 0.676. The van der Waals surface area contributed by atoms with Gasteiger partial charge < -0.3 is 5.32 Å². The van der Waals surface area contributed by atoms with Gasteiger partial charge in [0.2, 0.25) is 5.91 Å². The second kappa shape index (κ2) is 6.18. The van der Waals surface area contributed by atoms with Crippen molar-refractivity contribution >= 4 is 27.5 Å². The minimum absolute atomic E-state index is 0.164. The standard InChI is InChI=1S/C11H15N3O3S/c1-2-3-7-11(15)13-9-5-4-6-10(8-9)14-18(12,16)17/h2,4-6,8,14H,1,3,7H2,(H,13,15)(H2,12,16,17). The third-order valence-corrected chi connectivity index (χ3v) is 2.50. The van der Waals surface area contributed by atoms with E-state index in [4.69, 9.17) is 5.14 Å². The lowest BCUT2D eigenvalue weighted by Crippen LogP contribution is -2.21. The maximum absolute atomic E-state index is 11.4. The van der Waals surface area contributed by atoms with Gasteiger partial charge >= 0.3 is 0 Å². The molecule has 0 unspecified atom stereocenters. The van der Waals surface area contributed by atoms with Crippen LogP contribution in [0.15, 0.2) is 36.9 Å². The van der Waals surface area contributed by atoms with Gasteiger partial charge in [0, 0.05) is 12.1 Å². The van der Waals surface area contributed by atoms with Gasteiger partial charge in [0.1, 0.15) is 0 Å². The molecule has 0 aliphatic rings. The summed E-state index contributed by atoms with van der Waals surface area (Å²) in [7, 11) is -3.81. The Bertz CT molecular complexity index is 540. The zero-order chi connectivity index (χ0) is 13.6. The molecule has 0 bridgehead atoms. The van der Waals surface area contributed by atoms with E-state index >= 15 is 0 Å². The van der Waals surface area contributed by atoms with Crippen LogP contribution in [0.4, 0.5) is 11.4 Å². The summed E-state index contributed by atoms with van der Waals surface area (Å²) in [6.45, 7) is 3.52. The summed E-state index contributed by atoms with van der Waals surface area (Å²) in [4.78, 5) is 11.4. The first-order valence-electron chi connectivity index (χ1n) is 5.22. The van der Waals surface area contributed by atoms with Crippen molar-refractivity contribution in [3.8, 4) is 0 Å². The number of anilines is 2. The van der Waals surface area contributed by atoms with E-state index in [-0.39, 0.29) is 5.91 Å². The van der Waals surface area contributed by atoms with Crippen LogP contribution in [-0.4, -0.2) is 14.3 Å². The van der Waals surface area contributed by atoms with Crippen LogP contribution in [0.5, 0.6) is 0 Å². The molecule has 7 heteroatoms. The first-order valence-corrected chi connectivity index (χ1v) is 6.77. The van der Waals surface area contributed by atoms with Gasteiger partial charge in [-0.2, -0.15) is 8.42 Å². The molecule has 0 heterocycles. The summed E-state index contributed by atoms with van der Waals surface area (Å²) >= 11 is 0. The van der Waals surface area contributed by atoms with Gasteiger partial charge in [-0.25, -0.2) is 5.14 Å². The minimum Gasteiger partial charge on any atom is -0.326 e. The molecular weight excluding hydrogens is 254 g/mol. The molecule has 0 aromatic heterocycles. The van der Waals surface area contributed by atoms with Crippen molar-refractivity contribution in [3.05, 3.63) is 36.9 Å². The number of hydrogen-bond acceptors (Lipinski definition) is 3. The monoisotopic (exact) mass is 269 g/mol. The molecule has 4 N–H and O–H groups in total. The third-order valence-electron chi connectivity index (χ3n) is 1.98. The van der Waals surface area contributed by atoms with Gasteiger partial charge in [0.25, 0.3) is 10.2 Å². The van der Waals surface area contributed by atoms with E-state index in [1.165, 1.54) is 12.1 Å². The van der Waals surface area contributed by atoms with Gasteiger partial charge in [-0.3, -0.25) is 9.52 Å². The topological polar surface area (TPSA) is 101 Å². The average Bonchev–Trinajstić information content (AvgIpc) is 2.24. The average molecular weight is 269 g/mol. The molecule has 0 atom stereocenters. The Morgan fingerprint density at radius 3 is 2.67 bits per heavy atom. The molecule has 1 amide bonds. The van der Waals surface area contributed by atoms with Crippen molar-refractivity contribution in [1.82, 2.24) is 0 Å². The molecule has 0 aliphatic carbocycles. The zero-order valence-electron chi connectivity index (χ0n) is 9.72. The smallest absolute Gasteiger partial charge is 0.296 e. The maximum Gasteiger partial charge on any atom is 0.296 e. The lowest BCUT2D eigenvalue weighted by molar-refractivity contribution is -0.116. The van der Waals surface area contributed by atoms with E-state index in [1.54, 1.807) is 18.2 Å². The highest BCUT2D eigenvalue weighted by Gasteiger charge is 2.05. The van der Waals surface area contributed by atoms with Crippen molar-refractivity contribution < 1.29 is 13.2 Å². The van der Waals surface area contributed by atoms with Crippen LogP contribution in [0.2, 0.25) is 0 Å². The minimum atomic E-state index is -3.81. The lowest BCUT2D eigenvalue weighted by atomic mass is 10.2. The van der Waals surface area contributed by atoms with E-state index in [0.717, 1.165) is 0 Å². The predicted octanol–water partition coefficient (Wildman–Crippen LogP) is 1.21. The SMILES string of the molecule is C=CCCC(=O)Nc1cccc(NS(N)(=O)=O)c1. The molecule has 1 aromatic rings. The second-order valence-electron chi connectivity index (χ2n) is 3.60. The Balaban J connectivity index is 2.70. The molecule has 0 radical (unpaired) electrons. The van der Waals surface area contributed by atoms with Crippen LogP contribution >= 0.6 is 0 Å². The molecule has 0 saturated heterocycles. The summed E-state index contributed by atoms with van der Waals surface area (Å²) in [5, 5.41) is 7.49. The van der Waals surface area contributed by atoms with Crippen LogP contribution in [0, 0.1) is 0 Å². The number of allylic oxidation sites excluding steroid dienone is 1. The van der Waals surface area contributed by atoms with Crippen molar-refractivity contribution in [3.63, 3.8) is 0 Å². The normalized spacial score (nSPS) is 10.7. The van der Waals surface area contributed by atoms with E-state index in [0.29, 0.717) is 24.2 Å². The van der Waals surface area contributed by atoms with Gasteiger partial charge in [-0.1, -0.05) is 12.1 Å². The van der Waals surface area contributed by atoms with Crippen LogP contribution in [-0.2, 0) is 15.0 Å². The molecule has 0 saturated carbocycles. The third kappa shape index (κ3) is 5.46. The fraction of sp³-hybridized carbons (Fsp3) is 0.182. The molecule has 1 rings (SSSR count). The van der Waals surface area contributed by atoms with Crippen LogP contribution in [0.1, 0.15) is 12.8 Å². The summed E-state index contributed by atoms with van der Waals surface area (Å²) in [5.74, 6) is -0.164. The summed E-state index contributed by atoms with van der Waals surface area (Å²) in [6, 6.07) is 6.27. The molecule has 18 heavy (non-hydrogen) atoms. The van der Waals surface area contributed by atoms with Crippen LogP contribution in [0.25, 0.3) is 0 Å². The van der Waals surface area contributed by atoms with E-state index in [9.17, 15) is 13.2 Å². The number of nitrogens with one attached hydrogen (secondary N) is 2. The van der Waals surface area contributed by atoms with E-state index in [1.807, 2.05) is 0 Å². The van der Waals surface area contributed by atoms with Gasteiger partial charge in [0.15, 0.2) is 0 Å². The number of carbonyl (C=O) groups is 1. The number of amides is 1. The Morgan fingerprint density at radius 2 is 2.06 bits per heavy atom. The highest BCUT2D eigenvalue weighted by atomic mass is 32.2. The Labute approximate surface area is 106 Å². The zero-order valence-corrected chi connectivity index (χ0v) is 10.5. The number of hydrogen-bond donors (Lipinski definition) is 3. The predicted molar refractivity (Wildman–Crippen MR) is 71.2 cm³/mol. The number of rotatable bonds is 6. The fourth-order valence-electron chi connectivity index (χ4n) is 1.28. The number of nitrogens with two attached hydrogens (primary N) is 1. The summed E-state index contributed by atoms with van der Waals surface area (Å²) in [5.41, 5.74) is 0.789. The Kier molecular flexibility index (Phi) is 4.87. The molecule has 0 aliphatic heterocycles. The highest BCUT2D eigenvalue weighted by molar-refractivity contribution is 7.90. The molecule has 6 nitrogen and oxygen atoms in total. The van der Waals surface area contributed by atoms with Crippen molar-refractivity contribution in [2.75, 3.05) is 10.0 Å². The maximum atomic E-state index is 11.4. The molecule has 98 valence electrons. The van der Waals surface area contributed by atoms with Crippen LogP contribution < -0.4 is 15.2 Å².